The molecule has 0 spiro atoms. The SMILES string of the molecule is CCOC(=O)C(OCC)=C(C#N)c1ccccc1. The van der Waals surface area contributed by atoms with Crippen LogP contribution in [0.15, 0.2) is 36.1 Å². The van der Waals surface area contributed by atoms with Gasteiger partial charge in [0, 0.05) is 0 Å². The lowest BCUT2D eigenvalue weighted by molar-refractivity contribution is -0.142. The molecule has 0 fully saturated rings. The van der Waals surface area contributed by atoms with E-state index in [0.717, 1.165) is 0 Å². The third-order valence-electron chi connectivity index (χ3n) is 2.15. The molecule has 0 amide bonds. The minimum Gasteiger partial charge on any atom is -0.486 e. The summed E-state index contributed by atoms with van der Waals surface area (Å²) in [6, 6.07) is 10.9. The third-order valence-corrected chi connectivity index (χ3v) is 2.15. The highest BCUT2D eigenvalue weighted by molar-refractivity contribution is 5.99. The Morgan fingerprint density at radius 2 is 1.78 bits per heavy atom. The molecule has 1 aromatic rings. The number of rotatable bonds is 5. The summed E-state index contributed by atoms with van der Waals surface area (Å²) in [5.74, 6) is -0.646. The van der Waals surface area contributed by atoms with Crippen molar-refractivity contribution in [3.05, 3.63) is 41.7 Å². The fourth-order valence-electron chi connectivity index (χ4n) is 1.43. The molecule has 94 valence electrons. The second-order valence-electron chi connectivity index (χ2n) is 3.34. The Morgan fingerprint density at radius 1 is 1.17 bits per heavy atom. The molecule has 0 radical (unpaired) electrons. The van der Waals surface area contributed by atoms with Crippen LogP contribution in [0.2, 0.25) is 0 Å². The van der Waals surface area contributed by atoms with Crippen molar-refractivity contribution in [1.82, 2.24) is 0 Å². The first-order valence-corrected chi connectivity index (χ1v) is 5.74. The summed E-state index contributed by atoms with van der Waals surface area (Å²) in [5, 5.41) is 9.20. The number of hydrogen-bond acceptors (Lipinski definition) is 4. The van der Waals surface area contributed by atoms with E-state index in [9.17, 15) is 10.1 Å². The quantitative estimate of drug-likeness (QED) is 0.346. The third kappa shape index (κ3) is 3.36. The molecule has 0 atom stereocenters. The number of benzene rings is 1. The standard InChI is InChI=1S/C14H15NO3/c1-3-17-13(14(16)18-4-2)12(10-15)11-8-6-5-7-9-11/h5-9H,3-4H2,1-2H3. The van der Waals surface area contributed by atoms with Crippen LogP contribution in [0, 0.1) is 11.3 Å². The van der Waals surface area contributed by atoms with E-state index in [1.54, 1.807) is 38.1 Å². The number of carbonyl (C=O) groups excluding carboxylic acids is 1. The van der Waals surface area contributed by atoms with Crippen LogP contribution < -0.4 is 0 Å². The lowest BCUT2D eigenvalue weighted by atomic mass is 10.1. The Bertz CT molecular complexity index is 472. The zero-order valence-electron chi connectivity index (χ0n) is 10.5. The van der Waals surface area contributed by atoms with Gasteiger partial charge in [-0.15, -0.1) is 0 Å². The summed E-state index contributed by atoms with van der Waals surface area (Å²) in [6.45, 7) is 3.99. The highest BCUT2D eigenvalue weighted by atomic mass is 16.6. The van der Waals surface area contributed by atoms with Gasteiger partial charge >= 0.3 is 5.97 Å². The van der Waals surface area contributed by atoms with Crippen molar-refractivity contribution in [3.8, 4) is 6.07 Å². The van der Waals surface area contributed by atoms with E-state index in [4.69, 9.17) is 9.47 Å². The molecule has 0 aromatic heterocycles. The molecular weight excluding hydrogens is 230 g/mol. The van der Waals surface area contributed by atoms with Gasteiger partial charge in [-0.1, -0.05) is 30.3 Å². The summed E-state index contributed by atoms with van der Waals surface area (Å²) in [5.41, 5.74) is 0.826. The Hall–Kier alpha value is -2.28. The normalized spacial score (nSPS) is 11.2. The van der Waals surface area contributed by atoms with Gasteiger partial charge in [0.15, 0.2) is 0 Å². The van der Waals surface area contributed by atoms with Crippen LogP contribution >= 0.6 is 0 Å². The number of nitriles is 1. The Labute approximate surface area is 106 Å². The van der Waals surface area contributed by atoms with E-state index in [-0.39, 0.29) is 17.9 Å². The van der Waals surface area contributed by atoms with Gasteiger partial charge in [-0.3, -0.25) is 0 Å². The van der Waals surface area contributed by atoms with Gasteiger partial charge < -0.3 is 9.47 Å². The average Bonchev–Trinajstić information content (AvgIpc) is 2.40. The summed E-state index contributed by atoms with van der Waals surface area (Å²) < 4.78 is 10.1. The van der Waals surface area contributed by atoms with Gasteiger partial charge in [0.2, 0.25) is 5.76 Å². The van der Waals surface area contributed by atoms with Gasteiger partial charge in [0.1, 0.15) is 11.6 Å². The van der Waals surface area contributed by atoms with Crippen molar-refractivity contribution in [2.75, 3.05) is 13.2 Å². The topological polar surface area (TPSA) is 59.3 Å². The van der Waals surface area contributed by atoms with E-state index >= 15 is 0 Å². The summed E-state index contributed by atoms with van der Waals surface area (Å²) >= 11 is 0. The van der Waals surface area contributed by atoms with E-state index < -0.39 is 5.97 Å². The second-order valence-corrected chi connectivity index (χ2v) is 3.34. The van der Waals surface area contributed by atoms with Gasteiger partial charge in [-0.25, -0.2) is 4.79 Å². The number of ether oxygens (including phenoxy) is 2. The number of hydrogen-bond donors (Lipinski definition) is 0. The second kappa shape index (κ2) is 7.13. The van der Waals surface area contributed by atoms with Crippen LogP contribution in [-0.4, -0.2) is 19.2 Å². The average molecular weight is 245 g/mol. The van der Waals surface area contributed by atoms with E-state index in [1.807, 2.05) is 12.1 Å². The lowest BCUT2D eigenvalue weighted by Gasteiger charge is -2.10. The number of esters is 1. The van der Waals surface area contributed by atoms with E-state index in [2.05, 4.69) is 0 Å². The minimum atomic E-state index is -0.611. The molecule has 0 N–H and O–H groups in total. The number of allylic oxidation sites excluding steroid dienone is 1. The van der Waals surface area contributed by atoms with Crippen LogP contribution in [0.1, 0.15) is 19.4 Å². The molecule has 0 heterocycles. The first-order chi connectivity index (χ1) is 8.74. The monoisotopic (exact) mass is 245 g/mol. The van der Waals surface area contributed by atoms with Crippen molar-refractivity contribution in [2.24, 2.45) is 0 Å². The molecule has 0 unspecified atom stereocenters. The van der Waals surface area contributed by atoms with Gasteiger partial charge in [0.05, 0.1) is 13.2 Å². The maximum absolute atomic E-state index is 11.8. The largest absolute Gasteiger partial charge is 0.486 e. The van der Waals surface area contributed by atoms with Gasteiger partial charge in [-0.2, -0.15) is 5.26 Å². The molecule has 0 aliphatic rings. The zero-order valence-corrected chi connectivity index (χ0v) is 10.5. The molecule has 0 aliphatic heterocycles. The smallest absolute Gasteiger partial charge is 0.375 e. The molecular formula is C14H15NO3. The first-order valence-electron chi connectivity index (χ1n) is 5.74. The molecule has 18 heavy (non-hydrogen) atoms. The van der Waals surface area contributed by atoms with Crippen LogP contribution in [-0.2, 0) is 14.3 Å². The van der Waals surface area contributed by atoms with Crippen LogP contribution in [0.4, 0.5) is 0 Å². The predicted molar refractivity (Wildman–Crippen MR) is 67.2 cm³/mol. The Kier molecular flexibility index (Phi) is 5.46. The molecule has 0 saturated heterocycles. The van der Waals surface area contributed by atoms with Crippen molar-refractivity contribution in [3.63, 3.8) is 0 Å². The fraction of sp³-hybridized carbons (Fsp3) is 0.286. The maximum atomic E-state index is 11.8. The summed E-state index contributed by atoms with van der Waals surface area (Å²) in [7, 11) is 0. The predicted octanol–water partition coefficient (Wildman–Crippen LogP) is 2.52. The minimum absolute atomic E-state index is 0.0342. The maximum Gasteiger partial charge on any atom is 0.375 e. The molecule has 0 bridgehead atoms. The van der Waals surface area contributed by atoms with Crippen LogP contribution in [0.3, 0.4) is 0 Å². The Morgan fingerprint density at radius 3 is 2.28 bits per heavy atom. The first kappa shape index (κ1) is 13.8. The number of nitrogens with zero attached hydrogens (tertiary/aromatic N) is 1. The highest BCUT2D eigenvalue weighted by Gasteiger charge is 2.19. The molecule has 4 nitrogen and oxygen atoms in total. The van der Waals surface area contributed by atoms with Crippen molar-refractivity contribution >= 4 is 11.5 Å². The molecule has 1 rings (SSSR count). The van der Waals surface area contributed by atoms with Gasteiger partial charge in [0.25, 0.3) is 0 Å². The van der Waals surface area contributed by atoms with Crippen LogP contribution in [0.25, 0.3) is 5.57 Å². The van der Waals surface area contributed by atoms with Crippen LogP contribution in [0.5, 0.6) is 0 Å². The molecule has 4 heteroatoms. The van der Waals surface area contributed by atoms with Crippen molar-refractivity contribution < 1.29 is 14.3 Å². The molecule has 1 aromatic carbocycles. The van der Waals surface area contributed by atoms with Gasteiger partial charge in [-0.05, 0) is 19.4 Å². The summed E-state index contributed by atoms with van der Waals surface area (Å²) in [4.78, 5) is 11.8. The molecule has 0 aliphatic carbocycles. The van der Waals surface area contributed by atoms with Crippen molar-refractivity contribution in [2.45, 2.75) is 13.8 Å². The van der Waals surface area contributed by atoms with Crippen molar-refractivity contribution in [1.29, 1.82) is 5.26 Å². The van der Waals surface area contributed by atoms with E-state index in [0.29, 0.717) is 12.2 Å². The summed E-state index contributed by atoms with van der Waals surface area (Å²) in [6.07, 6.45) is 0. The number of carbonyl (C=O) groups is 1. The fourth-order valence-corrected chi connectivity index (χ4v) is 1.43. The molecule has 0 saturated carbocycles. The Balaban J connectivity index is 3.23. The zero-order chi connectivity index (χ0) is 13.4. The highest BCUT2D eigenvalue weighted by Crippen LogP contribution is 2.19. The lowest BCUT2D eigenvalue weighted by Crippen LogP contribution is -2.12. The van der Waals surface area contributed by atoms with E-state index in [1.165, 1.54) is 0 Å².